The van der Waals surface area contributed by atoms with Crippen LogP contribution in [0, 0.1) is 0 Å². The summed E-state index contributed by atoms with van der Waals surface area (Å²) in [6.07, 6.45) is 2.90. The largest absolute Gasteiger partial charge is 0.392 e. The van der Waals surface area contributed by atoms with Crippen LogP contribution in [0.3, 0.4) is 0 Å². The number of urea groups is 1. The third-order valence-electron chi connectivity index (χ3n) is 6.85. The summed E-state index contributed by atoms with van der Waals surface area (Å²) < 4.78 is 0. The van der Waals surface area contributed by atoms with Crippen LogP contribution >= 0.6 is 11.6 Å². The Bertz CT molecular complexity index is 924. The number of fused-ring (bicyclic) bond motifs is 2. The van der Waals surface area contributed by atoms with Gasteiger partial charge in [-0.15, -0.1) is 0 Å². The van der Waals surface area contributed by atoms with Gasteiger partial charge in [0, 0.05) is 48.5 Å². The van der Waals surface area contributed by atoms with Gasteiger partial charge in [-0.25, -0.2) is 4.79 Å². The SMILES string of the molecule is CCCN1C[C@@H](NC(=O)N(CC)CC)CC2c3cc(CO)cc4[nH]c(Cl)c(c34)C[C@H]21. The molecular formula is C23H33ClN4O2. The van der Waals surface area contributed by atoms with E-state index >= 15 is 0 Å². The molecule has 6 nitrogen and oxygen atoms in total. The van der Waals surface area contributed by atoms with Crippen LogP contribution in [0.5, 0.6) is 0 Å². The number of aromatic nitrogens is 1. The second-order valence-electron chi connectivity index (χ2n) is 8.61. The first-order valence-corrected chi connectivity index (χ1v) is 11.6. The monoisotopic (exact) mass is 432 g/mol. The van der Waals surface area contributed by atoms with Gasteiger partial charge >= 0.3 is 6.03 Å². The molecule has 164 valence electrons. The number of likely N-dealkylation sites (tertiary alicyclic amines) is 1. The normalized spacial score (nSPS) is 23.4. The van der Waals surface area contributed by atoms with Crippen molar-refractivity contribution in [2.75, 3.05) is 26.2 Å². The van der Waals surface area contributed by atoms with Crippen LogP contribution in [-0.4, -0.2) is 64.2 Å². The summed E-state index contributed by atoms with van der Waals surface area (Å²) in [6.45, 7) is 9.52. The van der Waals surface area contributed by atoms with Crippen molar-refractivity contribution in [3.8, 4) is 0 Å². The predicted molar refractivity (Wildman–Crippen MR) is 121 cm³/mol. The fourth-order valence-electron chi connectivity index (χ4n) is 5.49. The van der Waals surface area contributed by atoms with Crippen LogP contribution in [0.25, 0.3) is 10.9 Å². The Morgan fingerprint density at radius 3 is 2.77 bits per heavy atom. The molecule has 2 aromatic rings. The number of nitrogens with zero attached hydrogens (tertiary/aromatic N) is 2. The standard InChI is InChI=1S/C23H33ClN4O2/c1-4-7-28-12-15(25-23(30)27(5-2)6-3)10-16-17-8-14(13-29)9-19-21(17)18(11-20(16)28)22(24)26-19/h8-9,15-16,20,26,29H,4-7,10-13H2,1-3H3,(H,25,30)/t15-,16?,20+/m0/s1. The van der Waals surface area contributed by atoms with E-state index in [1.807, 2.05) is 24.8 Å². The summed E-state index contributed by atoms with van der Waals surface area (Å²) in [5.74, 6) is 0.306. The number of halogens is 1. The first-order valence-electron chi connectivity index (χ1n) is 11.2. The summed E-state index contributed by atoms with van der Waals surface area (Å²) >= 11 is 6.59. The minimum atomic E-state index is 0.00704. The third-order valence-corrected chi connectivity index (χ3v) is 7.17. The van der Waals surface area contributed by atoms with Crippen molar-refractivity contribution >= 4 is 28.5 Å². The summed E-state index contributed by atoms with van der Waals surface area (Å²) in [5.41, 5.74) is 4.36. The van der Waals surface area contributed by atoms with Crippen molar-refractivity contribution in [3.05, 3.63) is 34.0 Å². The molecule has 2 aliphatic rings. The number of piperidine rings is 1. The van der Waals surface area contributed by atoms with E-state index in [1.165, 1.54) is 16.5 Å². The van der Waals surface area contributed by atoms with Crippen molar-refractivity contribution in [2.24, 2.45) is 0 Å². The third kappa shape index (κ3) is 3.70. The average Bonchev–Trinajstić information content (AvgIpc) is 3.05. The number of carbonyl (C=O) groups is 1. The lowest BCUT2D eigenvalue weighted by Gasteiger charge is -2.47. The number of H-pyrrole nitrogens is 1. The van der Waals surface area contributed by atoms with E-state index in [9.17, 15) is 9.90 Å². The fraction of sp³-hybridized carbons (Fsp3) is 0.609. The van der Waals surface area contributed by atoms with Crippen LogP contribution < -0.4 is 5.32 Å². The summed E-state index contributed by atoms with van der Waals surface area (Å²) in [5, 5.41) is 15.0. The summed E-state index contributed by atoms with van der Waals surface area (Å²) in [6, 6.07) is 4.64. The van der Waals surface area contributed by atoms with E-state index in [2.05, 4.69) is 28.2 Å². The molecular weight excluding hydrogens is 400 g/mol. The maximum absolute atomic E-state index is 12.7. The highest BCUT2D eigenvalue weighted by Gasteiger charge is 2.42. The molecule has 1 aliphatic carbocycles. The zero-order valence-corrected chi connectivity index (χ0v) is 18.9. The number of hydrogen-bond donors (Lipinski definition) is 3. The number of aromatic amines is 1. The molecule has 1 aliphatic heterocycles. The molecule has 1 unspecified atom stereocenters. The molecule has 1 aromatic carbocycles. The van der Waals surface area contributed by atoms with Crippen LogP contribution in [-0.2, 0) is 13.0 Å². The first kappa shape index (κ1) is 21.5. The number of nitrogens with one attached hydrogen (secondary N) is 2. The van der Waals surface area contributed by atoms with Gasteiger partial charge in [0.1, 0.15) is 5.15 Å². The lowest BCUT2D eigenvalue weighted by molar-refractivity contribution is 0.0979. The Morgan fingerprint density at radius 2 is 2.10 bits per heavy atom. The van der Waals surface area contributed by atoms with Gasteiger partial charge in [-0.1, -0.05) is 24.6 Å². The molecule has 0 radical (unpaired) electrons. The van der Waals surface area contributed by atoms with Crippen molar-refractivity contribution in [1.29, 1.82) is 0 Å². The summed E-state index contributed by atoms with van der Waals surface area (Å²) in [4.78, 5) is 20.4. The van der Waals surface area contributed by atoms with Crippen molar-refractivity contribution in [3.63, 3.8) is 0 Å². The molecule has 4 rings (SSSR count). The molecule has 2 heterocycles. The number of benzene rings is 1. The van der Waals surface area contributed by atoms with E-state index in [1.54, 1.807) is 0 Å². The lowest BCUT2D eigenvalue weighted by Crippen LogP contribution is -2.57. The zero-order valence-electron chi connectivity index (χ0n) is 18.2. The van der Waals surface area contributed by atoms with Gasteiger partial charge in [-0.2, -0.15) is 0 Å². The van der Waals surface area contributed by atoms with Gasteiger partial charge in [-0.05, 0) is 62.4 Å². The quantitative estimate of drug-likeness (QED) is 0.649. The number of carbonyl (C=O) groups excluding carboxylic acids is 1. The van der Waals surface area contributed by atoms with Gasteiger partial charge in [-0.3, -0.25) is 4.90 Å². The van der Waals surface area contributed by atoms with Gasteiger partial charge in [0.05, 0.1) is 6.61 Å². The van der Waals surface area contributed by atoms with E-state index < -0.39 is 0 Å². The Morgan fingerprint density at radius 1 is 1.33 bits per heavy atom. The molecule has 0 spiro atoms. The summed E-state index contributed by atoms with van der Waals surface area (Å²) in [7, 11) is 0. The lowest BCUT2D eigenvalue weighted by atomic mass is 9.73. The van der Waals surface area contributed by atoms with E-state index in [0.29, 0.717) is 30.2 Å². The van der Waals surface area contributed by atoms with Crippen LogP contribution in [0.2, 0.25) is 5.15 Å². The highest BCUT2D eigenvalue weighted by Crippen LogP contribution is 2.46. The molecule has 3 atom stereocenters. The molecule has 1 aromatic heterocycles. The van der Waals surface area contributed by atoms with E-state index in [-0.39, 0.29) is 18.7 Å². The van der Waals surface area contributed by atoms with E-state index in [4.69, 9.17) is 11.6 Å². The minimum absolute atomic E-state index is 0.00704. The number of hydrogen-bond acceptors (Lipinski definition) is 3. The topological polar surface area (TPSA) is 71.6 Å². The van der Waals surface area contributed by atoms with Crippen LogP contribution in [0.1, 0.15) is 56.2 Å². The zero-order chi connectivity index (χ0) is 21.4. The molecule has 3 N–H and O–H groups in total. The fourth-order valence-corrected chi connectivity index (χ4v) is 5.77. The average molecular weight is 433 g/mol. The van der Waals surface area contributed by atoms with E-state index in [0.717, 1.165) is 43.4 Å². The molecule has 7 heteroatoms. The highest BCUT2D eigenvalue weighted by atomic mass is 35.5. The second kappa shape index (κ2) is 8.77. The Hall–Kier alpha value is -1.76. The molecule has 0 bridgehead atoms. The number of amides is 2. The number of aliphatic hydroxyl groups excluding tert-OH is 1. The number of rotatable bonds is 6. The van der Waals surface area contributed by atoms with Crippen molar-refractivity contribution < 1.29 is 9.90 Å². The predicted octanol–water partition coefficient (Wildman–Crippen LogP) is 3.86. The first-order chi connectivity index (χ1) is 14.5. The maximum atomic E-state index is 12.7. The smallest absolute Gasteiger partial charge is 0.317 e. The van der Waals surface area contributed by atoms with Gasteiger partial charge in [0.2, 0.25) is 0 Å². The second-order valence-corrected chi connectivity index (χ2v) is 8.99. The number of aliphatic hydroxyl groups is 1. The maximum Gasteiger partial charge on any atom is 0.317 e. The molecule has 1 saturated heterocycles. The molecule has 0 saturated carbocycles. The van der Waals surface area contributed by atoms with Crippen molar-refractivity contribution in [2.45, 2.75) is 64.6 Å². The minimum Gasteiger partial charge on any atom is -0.392 e. The van der Waals surface area contributed by atoms with Gasteiger partial charge < -0.3 is 20.3 Å². The molecule has 30 heavy (non-hydrogen) atoms. The Balaban J connectivity index is 1.71. The Labute approximate surface area is 183 Å². The van der Waals surface area contributed by atoms with Crippen LogP contribution in [0.15, 0.2) is 12.1 Å². The Kier molecular flexibility index (Phi) is 6.28. The van der Waals surface area contributed by atoms with Crippen molar-refractivity contribution in [1.82, 2.24) is 20.1 Å². The van der Waals surface area contributed by atoms with Crippen LogP contribution in [0.4, 0.5) is 4.79 Å². The highest BCUT2D eigenvalue weighted by molar-refractivity contribution is 6.32. The van der Waals surface area contributed by atoms with Gasteiger partial charge in [0.25, 0.3) is 0 Å². The van der Waals surface area contributed by atoms with Gasteiger partial charge in [0.15, 0.2) is 0 Å². The molecule has 2 amide bonds. The molecule has 1 fully saturated rings.